The van der Waals surface area contributed by atoms with Gasteiger partial charge in [0.2, 0.25) is 5.91 Å². The van der Waals surface area contributed by atoms with Gasteiger partial charge in [0.1, 0.15) is 11.4 Å². The minimum atomic E-state index is -0.511. The number of ether oxygens (including phenoxy) is 1. The van der Waals surface area contributed by atoms with E-state index in [1.807, 2.05) is 0 Å². The highest BCUT2D eigenvalue weighted by molar-refractivity contribution is 5.90. The number of benzene rings is 1. The Morgan fingerprint density at radius 1 is 1.33 bits per heavy atom. The van der Waals surface area contributed by atoms with Crippen molar-refractivity contribution in [3.8, 4) is 5.75 Å². The summed E-state index contributed by atoms with van der Waals surface area (Å²) in [5.41, 5.74) is 0.198. The molecule has 2 heterocycles. The van der Waals surface area contributed by atoms with E-state index in [9.17, 15) is 9.59 Å². The van der Waals surface area contributed by atoms with Crippen LogP contribution in [0.15, 0.2) is 24.3 Å². The van der Waals surface area contributed by atoms with Gasteiger partial charge in [0.05, 0.1) is 33.2 Å². The summed E-state index contributed by atoms with van der Waals surface area (Å²) in [5, 5.41) is 4.35. The number of carbonyl (C=O) groups excluding carboxylic acids is 2. The van der Waals surface area contributed by atoms with E-state index in [1.54, 1.807) is 36.3 Å². The zero-order valence-electron chi connectivity index (χ0n) is 13.7. The van der Waals surface area contributed by atoms with E-state index in [-0.39, 0.29) is 11.9 Å². The molecule has 2 saturated heterocycles. The number of likely N-dealkylation sites (tertiary alicyclic amines) is 1. The topological polar surface area (TPSA) is 71.1 Å². The van der Waals surface area contributed by atoms with Crippen LogP contribution in [0.25, 0.3) is 0 Å². The maximum atomic E-state index is 12.3. The Morgan fingerprint density at radius 2 is 2.04 bits per heavy atom. The maximum absolute atomic E-state index is 12.3. The molecule has 1 N–H and O–H groups in total. The van der Waals surface area contributed by atoms with Gasteiger partial charge >= 0.3 is 6.03 Å². The molecular formula is C17H21N3O4. The fraction of sp³-hybridized carbons (Fsp3) is 0.529. The second-order valence-corrected chi connectivity index (χ2v) is 6.86. The second kappa shape index (κ2) is 5.66. The lowest BCUT2D eigenvalue weighted by atomic mass is 9.91. The van der Waals surface area contributed by atoms with Gasteiger partial charge in [-0.25, -0.2) is 9.86 Å². The number of nitrogens with one attached hydrogen (secondary N) is 1. The van der Waals surface area contributed by atoms with E-state index in [0.717, 1.165) is 5.75 Å². The highest BCUT2D eigenvalue weighted by Gasteiger charge is 2.55. The Morgan fingerprint density at radius 3 is 2.67 bits per heavy atom. The number of amides is 3. The number of nitrogens with zero attached hydrogens (tertiary/aromatic N) is 2. The molecule has 7 heteroatoms. The fourth-order valence-electron chi connectivity index (χ4n) is 3.19. The first kappa shape index (κ1) is 15.3. The van der Waals surface area contributed by atoms with Crippen molar-refractivity contribution in [2.24, 2.45) is 5.92 Å². The van der Waals surface area contributed by atoms with Crippen molar-refractivity contribution in [1.82, 2.24) is 9.96 Å². The zero-order valence-corrected chi connectivity index (χ0v) is 13.7. The molecule has 0 aromatic heterocycles. The number of urea groups is 1. The van der Waals surface area contributed by atoms with Crippen LogP contribution < -0.4 is 10.1 Å². The third kappa shape index (κ3) is 2.91. The smallest absolute Gasteiger partial charge is 0.322 e. The highest BCUT2D eigenvalue weighted by Crippen LogP contribution is 2.39. The van der Waals surface area contributed by atoms with E-state index in [2.05, 4.69) is 5.32 Å². The van der Waals surface area contributed by atoms with Crippen molar-refractivity contribution in [3.63, 3.8) is 0 Å². The summed E-state index contributed by atoms with van der Waals surface area (Å²) < 4.78 is 5.09. The van der Waals surface area contributed by atoms with Crippen LogP contribution in [0.4, 0.5) is 10.5 Å². The first-order valence-electron chi connectivity index (χ1n) is 8.26. The highest BCUT2D eigenvalue weighted by atomic mass is 16.7. The van der Waals surface area contributed by atoms with Gasteiger partial charge in [0, 0.05) is 5.69 Å². The van der Waals surface area contributed by atoms with Crippen LogP contribution >= 0.6 is 0 Å². The summed E-state index contributed by atoms with van der Waals surface area (Å²) >= 11 is 0. The molecule has 7 nitrogen and oxygen atoms in total. The number of rotatable bonds is 4. The van der Waals surface area contributed by atoms with E-state index in [4.69, 9.17) is 9.57 Å². The minimum absolute atomic E-state index is 0.0390. The standard InChI is InChI=1S/C17H21N3O4/c1-23-14-6-4-13(5-7-14)18-16(22)19-10-17(11-19)8-15(21)20(24-17)9-12-2-3-12/h4-7,12H,2-3,8-11H2,1H3,(H,18,22). The van der Waals surface area contributed by atoms with Gasteiger partial charge in [-0.1, -0.05) is 0 Å². The lowest BCUT2D eigenvalue weighted by Gasteiger charge is -2.45. The maximum Gasteiger partial charge on any atom is 0.322 e. The van der Waals surface area contributed by atoms with Gasteiger partial charge in [-0.05, 0) is 43.0 Å². The molecule has 0 atom stereocenters. The monoisotopic (exact) mass is 331 g/mol. The first-order valence-corrected chi connectivity index (χ1v) is 8.26. The molecule has 1 spiro atoms. The van der Waals surface area contributed by atoms with Crippen molar-refractivity contribution in [2.75, 3.05) is 32.1 Å². The number of methoxy groups -OCH3 is 1. The Kier molecular flexibility index (Phi) is 3.60. The molecule has 0 bridgehead atoms. The van der Waals surface area contributed by atoms with Crippen molar-refractivity contribution in [3.05, 3.63) is 24.3 Å². The van der Waals surface area contributed by atoms with Crippen LogP contribution in [0, 0.1) is 5.92 Å². The fourth-order valence-corrected chi connectivity index (χ4v) is 3.19. The van der Waals surface area contributed by atoms with Crippen molar-refractivity contribution >= 4 is 17.6 Å². The molecule has 128 valence electrons. The Balaban J connectivity index is 1.30. The lowest BCUT2D eigenvalue weighted by Crippen LogP contribution is -2.64. The van der Waals surface area contributed by atoms with Gasteiger partial charge in [0.15, 0.2) is 0 Å². The van der Waals surface area contributed by atoms with Crippen molar-refractivity contribution in [1.29, 1.82) is 0 Å². The quantitative estimate of drug-likeness (QED) is 0.914. The van der Waals surface area contributed by atoms with E-state index >= 15 is 0 Å². The lowest BCUT2D eigenvalue weighted by molar-refractivity contribution is -0.229. The number of hydrogen-bond donors (Lipinski definition) is 1. The third-order valence-corrected chi connectivity index (χ3v) is 4.76. The molecule has 3 aliphatic rings. The number of carbonyl (C=O) groups is 2. The summed E-state index contributed by atoms with van der Waals surface area (Å²) in [7, 11) is 1.60. The van der Waals surface area contributed by atoms with Crippen LogP contribution in [-0.4, -0.2) is 54.2 Å². The number of anilines is 1. The molecule has 3 amide bonds. The van der Waals surface area contributed by atoms with E-state index in [0.29, 0.717) is 37.7 Å². The molecule has 4 rings (SSSR count). The second-order valence-electron chi connectivity index (χ2n) is 6.86. The van der Waals surface area contributed by atoms with E-state index < -0.39 is 5.60 Å². The van der Waals surface area contributed by atoms with Crippen LogP contribution in [0.2, 0.25) is 0 Å². The molecule has 24 heavy (non-hydrogen) atoms. The molecule has 0 radical (unpaired) electrons. The van der Waals surface area contributed by atoms with Crippen LogP contribution in [0.5, 0.6) is 5.75 Å². The minimum Gasteiger partial charge on any atom is -0.497 e. The summed E-state index contributed by atoms with van der Waals surface area (Å²) in [4.78, 5) is 31.8. The molecule has 0 unspecified atom stereocenters. The summed E-state index contributed by atoms with van der Waals surface area (Å²) in [5.74, 6) is 1.38. The van der Waals surface area contributed by atoms with Crippen LogP contribution in [0.3, 0.4) is 0 Å². The van der Waals surface area contributed by atoms with Crippen LogP contribution in [0.1, 0.15) is 19.3 Å². The van der Waals surface area contributed by atoms with Gasteiger partial charge in [0.25, 0.3) is 0 Å². The normalized spacial score (nSPS) is 21.8. The Bertz CT molecular complexity index is 650. The predicted molar refractivity (Wildman–Crippen MR) is 86.5 cm³/mol. The molecular weight excluding hydrogens is 310 g/mol. The molecule has 1 aliphatic carbocycles. The molecule has 1 aromatic carbocycles. The third-order valence-electron chi connectivity index (χ3n) is 4.76. The molecule has 1 aromatic rings. The van der Waals surface area contributed by atoms with E-state index in [1.165, 1.54) is 17.9 Å². The summed E-state index contributed by atoms with van der Waals surface area (Å²) in [6, 6.07) is 6.99. The van der Waals surface area contributed by atoms with Crippen LogP contribution in [-0.2, 0) is 9.63 Å². The predicted octanol–water partition coefficient (Wildman–Crippen LogP) is 1.86. The van der Waals surface area contributed by atoms with Gasteiger partial charge in [-0.15, -0.1) is 0 Å². The number of hydroxylamine groups is 2. The molecule has 1 saturated carbocycles. The number of hydrogen-bond acceptors (Lipinski definition) is 4. The largest absolute Gasteiger partial charge is 0.497 e. The van der Waals surface area contributed by atoms with Gasteiger partial charge < -0.3 is 15.0 Å². The van der Waals surface area contributed by atoms with Crippen molar-refractivity contribution in [2.45, 2.75) is 24.9 Å². The Labute approximate surface area is 140 Å². The Hall–Kier alpha value is -2.28. The first-order chi connectivity index (χ1) is 11.6. The summed E-state index contributed by atoms with van der Waals surface area (Å²) in [6.07, 6.45) is 2.72. The molecule has 2 aliphatic heterocycles. The van der Waals surface area contributed by atoms with Gasteiger partial charge in [-0.2, -0.15) is 0 Å². The molecule has 3 fully saturated rings. The SMILES string of the molecule is COc1ccc(NC(=O)N2CC3(CC(=O)N(CC4CC4)O3)C2)cc1. The van der Waals surface area contributed by atoms with Crippen molar-refractivity contribution < 1.29 is 19.2 Å². The average molecular weight is 331 g/mol. The zero-order chi connectivity index (χ0) is 16.7. The average Bonchev–Trinajstić information content (AvgIpc) is 3.29. The summed E-state index contributed by atoms with van der Waals surface area (Å²) in [6.45, 7) is 1.59. The van der Waals surface area contributed by atoms with Gasteiger partial charge in [-0.3, -0.25) is 9.63 Å².